The molecule has 0 aliphatic heterocycles. The molecule has 0 heterocycles. The van der Waals surface area contributed by atoms with Gasteiger partial charge in [0.1, 0.15) is 17.8 Å². The summed E-state index contributed by atoms with van der Waals surface area (Å²) < 4.78 is 50.0. The molecule has 0 fully saturated rings. The minimum absolute atomic E-state index is 0.00940. The van der Waals surface area contributed by atoms with E-state index < -0.39 is 23.8 Å². The van der Waals surface area contributed by atoms with Crippen LogP contribution in [0.15, 0.2) is 73.0 Å². The maximum Gasteiger partial charge on any atom is 0.223 e. The fourth-order valence-electron chi connectivity index (χ4n) is 4.23. The van der Waals surface area contributed by atoms with Crippen LogP contribution in [0, 0.1) is 18.6 Å². The molecular formula is C32H42F3N3O2. The van der Waals surface area contributed by atoms with Crippen molar-refractivity contribution in [2.24, 2.45) is 5.73 Å². The molecule has 0 aliphatic carbocycles. The van der Waals surface area contributed by atoms with Gasteiger partial charge in [0.05, 0.1) is 25.2 Å². The van der Waals surface area contributed by atoms with Gasteiger partial charge in [-0.05, 0) is 74.9 Å². The highest BCUT2D eigenvalue weighted by Crippen LogP contribution is 2.33. The molecule has 218 valence electrons. The summed E-state index contributed by atoms with van der Waals surface area (Å²) in [6.07, 6.45) is -1.08. The van der Waals surface area contributed by atoms with Gasteiger partial charge in [-0.25, -0.2) is 13.2 Å². The average molecular weight is 558 g/mol. The highest BCUT2D eigenvalue weighted by Gasteiger charge is 2.24. The summed E-state index contributed by atoms with van der Waals surface area (Å²) in [4.78, 5) is 12.7. The molecule has 0 spiro atoms. The van der Waals surface area contributed by atoms with E-state index in [2.05, 4.69) is 30.4 Å². The standard InChI is InChI=1S/C32H42F3N3O2/c1-20(2)31(34)30-26(32(35)22(4)16-27(30)33)13-12-21(3)18-37-24(6)28(14-15-36)38-29(39)17-23(5)40-19-25-10-8-7-9-11-25/h7-11,16,23,28,31,37H,1,3,6,12-15,17-19,36H2,2,4-5H3,(H,38,39)/t23-,28?,31?/m1/s1. The zero-order valence-electron chi connectivity index (χ0n) is 23.8. The van der Waals surface area contributed by atoms with E-state index in [-0.39, 0.29) is 53.7 Å². The van der Waals surface area contributed by atoms with E-state index in [0.717, 1.165) is 11.6 Å². The molecule has 3 atom stereocenters. The number of benzene rings is 2. The van der Waals surface area contributed by atoms with Gasteiger partial charge in [0, 0.05) is 17.8 Å². The molecule has 4 N–H and O–H groups in total. The van der Waals surface area contributed by atoms with Crippen LogP contribution in [0.25, 0.3) is 0 Å². The maximum atomic E-state index is 14.9. The third-order valence-corrected chi connectivity index (χ3v) is 6.58. The van der Waals surface area contributed by atoms with Crippen LogP contribution < -0.4 is 16.4 Å². The molecule has 0 bridgehead atoms. The molecule has 0 aromatic heterocycles. The van der Waals surface area contributed by atoms with Gasteiger partial charge in [0.25, 0.3) is 0 Å². The van der Waals surface area contributed by atoms with Gasteiger partial charge in [-0.2, -0.15) is 0 Å². The van der Waals surface area contributed by atoms with Crippen LogP contribution in [0.5, 0.6) is 0 Å². The minimum Gasteiger partial charge on any atom is -0.383 e. The van der Waals surface area contributed by atoms with E-state index in [9.17, 15) is 18.0 Å². The van der Waals surface area contributed by atoms with Crippen molar-refractivity contribution >= 4 is 5.91 Å². The number of alkyl halides is 1. The first kappa shape index (κ1) is 32.8. The Balaban J connectivity index is 1.90. The molecule has 0 saturated heterocycles. The number of nitrogens with two attached hydrogens (primary N) is 1. The molecule has 2 unspecified atom stereocenters. The number of hydrogen-bond donors (Lipinski definition) is 3. The summed E-state index contributed by atoms with van der Waals surface area (Å²) in [5.74, 6) is -1.61. The number of amides is 1. The van der Waals surface area contributed by atoms with Crippen molar-refractivity contribution < 1.29 is 22.7 Å². The molecule has 0 radical (unpaired) electrons. The van der Waals surface area contributed by atoms with Gasteiger partial charge in [-0.1, -0.05) is 55.6 Å². The maximum absolute atomic E-state index is 14.9. The third-order valence-electron chi connectivity index (χ3n) is 6.58. The Kier molecular flexibility index (Phi) is 13.2. The third kappa shape index (κ3) is 9.99. The van der Waals surface area contributed by atoms with Crippen LogP contribution in [0.3, 0.4) is 0 Å². The Morgan fingerprint density at radius 1 is 1.15 bits per heavy atom. The lowest BCUT2D eigenvalue weighted by Gasteiger charge is -2.23. The lowest BCUT2D eigenvalue weighted by Crippen LogP contribution is -2.42. The summed E-state index contributed by atoms with van der Waals surface area (Å²) in [6.45, 7) is 17.4. The second kappa shape index (κ2) is 16.0. The Morgan fingerprint density at radius 3 is 2.45 bits per heavy atom. The van der Waals surface area contributed by atoms with Crippen LogP contribution >= 0.6 is 0 Å². The van der Waals surface area contributed by atoms with Gasteiger partial charge in [0.15, 0.2) is 0 Å². The quantitative estimate of drug-likeness (QED) is 0.200. The lowest BCUT2D eigenvalue weighted by molar-refractivity contribution is -0.124. The highest BCUT2D eigenvalue weighted by atomic mass is 19.1. The van der Waals surface area contributed by atoms with Crippen molar-refractivity contribution in [1.29, 1.82) is 0 Å². The fraction of sp³-hybridized carbons (Fsp3) is 0.406. The largest absolute Gasteiger partial charge is 0.383 e. The first-order chi connectivity index (χ1) is 18.9. The Hall–Kier alpha value is -3.36. The molecule has 40 heavy (non-hydrogen) atoms. The van der Waals surface area contributed by atoms with Gasteiger partial charge >= 0.3 is 0 Å². The van der Waals surface area contributed by atoms with E-state index in [0.29, 0.717) is 37.3 Å². The van der Waals surface area contributed by atoms with Crippen molar-refractivity contribution in [3.8, 4) is 0 Å². The van der Waals surface area contributed by atoms with Gasteiger partial charge in [-0.3, -0.25) is 4.79 Å². The number of hydrogen-bond acceptors (Lipinski definition) is 4. The monoisotopic (exact) mass is 557 g/mol. The molecule has 8 heteroatoms. The zero-order valence-corrected chi connectivity index (χ0v) is 23.8. The van der Waals surface area contributed by atoms with E-state index >= 15 is 0 Å². The number of allylic oxidation sites excluding steroid dienone is 1. The first-order valence-electron chi connectivity index (χ1n) is 13.5. The van der Waals surface area contributed by atoms with E-state index in [1.165, 1.54) is 13.8 Å². The molecule has 0 aliphatic rings. The molecule has 0 saturated carbocycles. The number of ether oxygens (including phenoxy) is 1. The summed E-state index contributed by atoms with van der Waals surface area (Å²) >= 11 is 0. The summed E-state index contributed by atoms with van der Waals surface area (Å²) in [5.41, 5.74) is 7.91. The van der Waals surface area contributed by atoms with Crippen LogP contribution in [0.1, 0.15) is 61.5 Å². The van der Waals surface area contributed by atoms with E-state index in [4.69, 9.17) is 10.5 Å². The SMILES string of the molecule is C=C(CCc1c(F)c(C)cc(F)c1C(F)C(=C)C)CNC(=C)C(CCN)NC(=O)C[C@@H](C)OCc1ccccc1. The average Bonchev–Trinajstić information content (AvgIpc) is 2.91. The van der Waals surface area contributed by atoms with Crippen molar-refractivity contribution in [2.75, 3.05) is 13.1 Å². The highest BCUT2D eigenvalue weighted by molar-refractivity contribution is 5.77. The van der Waals surface area contributed by atoms with Crippen LogP contribution in [0.2, 0.25) is 0 Å². The summed E-state index contributed by atoms with van der Waals surface area (Å²) in [5, 5.41) is 6.10. The molecule has 2 rings (SSSR count). The molecule has 5 nitrogen and oxygen atoms in total. The Labute approximate surface area is 236 Å². The smallest absolute Gasteiger partial charge is 0.223 e. The van der Waals surface area contributed by atoms with Crippen LogP contribution in [-0.4, -0.2) is 31.1 Å². The first-order valence-corrected chi connectivity index (χ1v) is 13.5. The minimum atomic E-state index is -1.80. The Morgan fingerprint density at radius 2 is 1.82 bits per heavy atom. The van der Waals surface area contributed by atoms with Crippen molar-refractivity contribution in [3.63, 3.8) is 0 Å². The number of carbonyl (C=O) groups is 1. The van der Waals surface area contributed by atoms with Gasteiger partial charge < -0.3 is 21.1 Å². The van der Waals surface area contributed by atoms with Gasteiger partial charge in [-0.15, -0.1) is 0 Å². The van der Waals surface area contributed by atoms with E-state index in [1.807, 2.05) is 37.3 Å². The molecule has 2 aromatic rings. The molecule has 2 aromatic carbocycles. The van der Waals surface area contributed by atoms with Gasteiger partial charge in [0.2, 0.25) is 5.91 Å². The normalized spacial score (nSPS) is 13.3. The number of carbonyl (C=O) groups excluding carboxylic acids is 1. The van der Waals surface area contributed by atoms with E-state index in [1.54, 1.807) is 0 Å². The topological polar surface area (TPSA) is 76.4 Å². The predicted octanol–water partition coefficient (Wildman–Crippen LogP) is 6.28. The predicted molar refractivity (Wildman–Crippen MR) is 155 cm³/mol. The number of nitrogens with one attached hydrogen (secondary N) is 2. The van der Waals surface area contributed by atoms with Crippen molar-refractivity contribution in [3.05, 3.63) is 107 Å². The summed E-state index contributed by atoms with van der Waals surface area (Å²) in [6, 6.07) is 10.3. The summed E-state index contributed by atoms with van der Waals surface area (Å²) in [7, 11) is 0. The number of aryl methyl sites for hydroxylation is 1. The fourth-order valence-corrected chi connectivity index (χ4v) is 4.23. The van der Waals surface area contributed by atoms with Crippen LogP contribution in [-0.2, 0) is 22.6 Å². The molecule has 1 amide bonds. The van der Waals surface area contributed by atoms with Crippen molar-refractivity contribution in [2.45, 2.75) is 71.4 Å². The van der Waals surface area contributed by atoms with Crippen LogP contribution in [0.4, 0.5) is 13.2 Å². The Bertz CT molecular complexity index is 1180. The second-order valence-electron chi connectivity index (χ2n) is 10.2. The number of halogens is 3. The second-order valence-corrected chi connectivity index (χ2v) is 10.2. The zero-order chi connectivity index (χ0) is 29.8. The number of rotatable bonds is 17. The molecular weight excluding hydrogens is 515 g/mol. The van der Waals surface area contributed by atoms with Crippen molar-refractivity contribution in [1.82, 2.24) is 10.6 Å². The lowest BCUT2D eigenvalue weighted by atomic mass is 9.92.